The highest BCUT2D eigenvalue weighted by atomic mass is 16.2. The van der Waals surface area contributed by atoms with Crippen LogP contribution in [0, 0.1) is 11.3 Å². The Balaban J connectivity index is 1.81. The van der Waals surface area contributed by atoms with Crippen molar-refractivity contribution in [1.29, 1.82) is 5.26 Å². The number of carbonyl (C=O) groups excluding carboxylic acids is 1. The molecule has 6 nitrogen and oxygen atoms in total. The van der Waals surface area contributed by atoms with Crippen LogP contribution in [0.4, 0.5) is 0 Å². The quantitative estimate of drug-likeness (QED) is 0.811. The highest BCUT2D eigenvalue weighted by molar-refractivity contribution is 5.86. The Morgan fingerprint density at radius 1 is 1.30 bits per heavy atom. The van der Waals surface area contributed by atoms with Crippen LogP contribution in [0.1, 0.15) is 17.3 Å². The van der Waals surface area contributed by atoms with Crippen LogP contribution in [0.3, 0.4) is 0 Å². The van der Waals surface area contributed by atoms with Gasteiger partial charge in [0.1, 0.15) is 12.2 Å². The molecule has 0 saturated carbocycles. The van der Waals surface area contributed by atoms with Crippen LogP contribution in [0.5, 0.6) is 0 Å². The fourth-order valence-electron chi connectivity index (χ4n) is 2.35. The average Bonchev–Trinajstić information content (AvgIpc) is 2.96. The lowest BCUT2D eigenvalue weighted by molar-refractivity contribution is -0.133. The minimum absolute atomic E-state index is 0.173. The lowest BCUT2D eigenvalue weighted by atomic mass is 9.99. The summed E-state index contributed by atoms with van der Waals surface area (Å²) in [4.78, 5) is 14.2. The summed E-state index contributed by atoms with van der Waals surface area (Å²) in [6.45, 7) is 1.65. The van der Waals surface area contributed by atoms with Crippen LogP contribution in [0.2, 0.25) is 0 Å². The van der Waals surface area contributed by atoms with Crippen molar-refractivity contribution in [1.82, 2.24) is 19.7 Å². The fraction of sp³-hybridized carbons (Fsp3) is 0.286. The molecule has 6 heteroatoms. The van der Waals surface area contributed by atoms with Gasteiger partial charge in [-0.1, -0.05) is 30.3 Å². The first-order valence-corrected chi connectivity index (χ1v) is 6.39. The van der Waals surface area contributed by atoms with Gasteiger partial charge in [0.25, 0.3) is 0 Å². The molecule has 0 bridgehead atoms. The molecule has 2 aromatic rings. The normalized spacial score (nSPS) is 15.2. The van der Waals surface area contributed by atoms with E-state index in [0.717, 1.165) is 11.4 Å². The molecular weight excluding hydrogens is 254 g/mol. The van der Waals surface area contributed by atoms with E-state index in [2.05, 4.69) is 16.3 Å². The molecule has 1 aliphatic heterocycles. The fourth-order valence-corrected chi connectivity index (χ4v) is 2.35. The number of carbonyl (C=O) groups is 1. The van der Waals surface area contributed by atoms with Gasteiger partial charge in [-0.05, 0) is 5.56 Å². The van der Waals surface area contributed by atoms with Gasteiger partial charge < -0.3 is 9.47 Å². The highest BCUT2D eigenvalue weighted by Gasteiger charge is 2.29. The van der Waals surface area contributed by atoms with Crippen LogP contribution < -0.4 is 0 Å². The Hall–Kier alpha value is -2.68. The smallest absolute Gasteiger partial charge is 0.244 e. The van der Waals surface area contributed by atoms with Gasteiger partial charge in [0.2, 0.25) is 5.91 Å². The number of nitriles is 1. The van der Waals surface area contributed by atoms with Gasteiger partial charge in [-0.3, -0.25) is 4.79 Å². The van der Waals surface area contributed by atoms with E-state index in [1.54, 1.807) is 23.4 Å². The number of aromatic nitrogens is 3. The second-order valence-electron chi connectivity index (χ2n) is 4.67. The number of fused-ring (bicyclic) bond motifs is 1. The summed E-state index contributed by atoms with van der Waals surface area (Å²) in [6, 6.07) is 11.2. The van der Waals surface area contributed by atoms with Crippen LogP contribution in [-0.4, -0.2) is 32.1 Å². The summed E-state index contributed by atoms with van der Waals surface area (Å²) < 4.78 is 1.92. The SMILES string of the molecule is N#CC(C(=O)N1CCn2cnnc2C1)c1ccccc1. The number of rotatable bonds is 2. The molecule has 1 atom stereocenters. The molecule has 1 aromatic carbocycles. The molecule has 1 amide bonds. The maximum atomic E-state index is 12.5. The third kappa shape index (κ3) is 2.14. The maximum Gasteiger partial charge on any atom is 0.244 e. The van der Waals surface area contributed by atoms with Crippen LogP contribution in [0.15, 0.2) is 36.7 Å². The molecule has 1 aromatic heterocycles. The number of benzene rings is 1. The molecular formula is C14H13N5O. The van der Waals surface area contributed by atoms with Gasteiger partial charge in [-0.25, -0.2) is 0 Å². The Morgan fingerprint density at radius 2 is 2.10 bits per heavy atom. The lowest BCUT2D eigenvalue weighted by Crippen LogP contribution is -2.40. The lowest BCUT2D eigenvalue weighted by Gasteiger charge is -2.28. The third-order valence-corrected chi connectivity index (χ3v) is 3.46. The second kappa shape index (κ2) is 5.13. The predicted molar refractivity (Wildman–Crippen MR) is 70.2 cm³/mol. The summed E-state index contributed by atoms with van der Waals surface area (Å²) in [7, 11) is 0. The van der Waals surface area contributed by atoms with Crippen molar-refractivity contribution in [3.8, 4) is 6.07 Å². The number of hydrogen-bond donors (Lipinski definition) is 0. The summed E-state index contributed by atoms with van der Waals surface area (Å²) in [5.41, 5.74) is 0.729. The van der Waals surface area contributed by atoms with E-state index in [1.807, 2.05) is 22.8 Å². The van der Waals surface area contributed by atoms with Gasteiger partial charge in [0.15, 0.2) is 5.82 Å². The summed E-state index contributed by atoms with van der Waals surface area (Å²) >= 11 is 0. The number of amides is 1. The van der Waals surface area contributed by atoms with E-state index in [-0.39, 0.29) is 5.91 Å². The Morgan fingerprint density at radius 3 is 2.85 bits per heavy atom. The molecule has 0 aliphatic carbocycles. The molecule has 1 aliphatic rings. The number of nitrogens with zero attached hydrogens (tertiary/aromatic N) is 5. The van der Waals surface area contributed by atoms with E-state index in [1.165, 1.54) is 0 Å². The highest BCUT2D eigenvalue weighted by Crippen LogP contribution is 2.20. The summed E-state index contributed by atoms with van der Waals surface area (Å²) in [5.74, 6) is -0.173. The first-order chi connectivity index (χ1) is 9.79. The Labute approximate surface area is 116 Å². The van der Waals surface area contributed by atoms with Crippen molar-refractivity contribution in [3.63, 3.8) is 0 Å². The molecule has 0 radical (unpaired) electrons. The van der Waals surface area contributed by atoms with Crippen LogP contribution in [0.25, 0.3) is 0 Å². The monoisotopic (exact) mass is 267 g/mol. The Bertz CT molecular complexity index is 658. The van der Waals surface area contributed by atoms with Crippen molar-refractivity contribution in [2.24, 2.45) is 0 Å². The average molecular weight is 267 g/mol. The minimum atomic E-state index is -0.759. The maximum absolute atomic E-state index is 12.5. The van der Waals surface area contributed by atoms with E-state index < -0.39 is 5.92 Å². The molecule has 20 heavy (non-hydrogen) atoms. The van der Waals surface area contributed by atoms with E-state index in [4.69, 9.17) is 0 Å². The standard InChI is InChI=1S/C14H13N5O/c15-8-12(11-4-2-1-3-5-11)14(20)18-6-7-19-10-16-17-13(19)9-18/h1-5,10,12H,6-7,9H2. The first kappa shape index (κ1) is 12.4. The molecule has 2 heterocycles. The van der Waals surface area contributed by atoms with Crippen LogP contribution in [-0.2, 0) is 17.9 Å². The van der Waals surface area contributed by atoms with Gasteiger partial charge in [-0.15, -0.1) is 10.2 Å². The molecule has 0 fully saturated rings. The zero-order chi connectivity index (χ0) is 13.9. The van der Waals surface area contributed by atoms with Crippen molar-refractivity contribution in [2.75, 3.05) is 6.54 Å². The molecule has 0 saturated heterocycles. The van der Waals surface area contributed by atoms with E-state index >= 15 is 0 Å². The zero-order valence-corrected chi connectivity index (χ0v) is 10.8. The Kier molecular flexibility index (Phi) is 3.17. The largest absolute Gasteiger partial charge is 0.332 e. The second-order valence-corrected chi connectivity index (χ2v) is 4.67. The van der Waals surface area contributed by atoms with Crippen LogP contribution >= 0.6 is 0 Å². The summed E-state index contributed by atoms with van der Waals surface area (Å²) in [6.07, 6.45) is 1.66. The van der Waals surface area contributed by atoms with Gasteiger partial charge in [0.05, 0.1) is 12.6 Å². The van der Waals surface area contributed by atoms with E-state index in [9.17, 15) is 10.1 Å². The van der Waals surface area contributed by atoms with Gasteiger partial charge in [-0.2, -0.15) is 5.26 Å². The zero-order valence-electron chi connectivity index (χ0n) is 10.8. The molecule has 1 unspecified atom stereocenters. The molecule has 0 N–H and O–H groups in total. The molecule has 3 rings (SSSR count). The number of hydrogen-bond acceptors (Lipinski definition) is 4. The third-order valence-electron chi connectivity index (χ3n) is 3.46. The van der Waals surface area contributed by atoms with Crippen molar-refractivity contribution in [2.45, 2.75) is 19.0 Å². The van der Waals surface area contributed by atoms with Crippen molar-refractivity contribution < 1.29 is 4.79 Å². The molecule has 100 valence electrons. The van der Waals surface area contributed by atoms with Crippen molar-refractivity contribution in [3.05, 3.63) is 48.0 Å². The minimum Gasteiger partial charge on any atom is -0.332 e. The van der Waals surface area contributed by atoms with Crippen molar-refractivity contribution >= 4 is 5.91 Å². The molecule has 0 spiro atoms. The van der Waals surface area contributed by atoms with Gasteiger partial charge >= 0.3 is 0 Å². The van der Waals surface area contributed by atoms with Gasteiger partial charge in [0, 0.05) is 13.1 Å². The first-order valence-electron chi connectivity index (χ1n) is 6.39. The van der Waals surface area contributed by atoms with E-state index in [0.29, 0.717) is 19.6 Å². The summed E-state index contributed by atoms with van der Waals surface area (Å²) in [5, 5.41) is 17.1. The predicted octanol–water partition coefficient (Wildman–Crippen LogP) is 0.928. The topological polar surface area (TPSA) is 74.8 Å².